The molecule has 0 aromatic carbocycles. The molecule has 4 heteroatoms. The van der Waals surface area contributed by atoms with Gasteiger partial charge in [-0.05, 0) is 44.4 Å². The summed E-state index contributed by atoms with van der Waals surface area (Å²) in [6.45, 7) is 2.79. The predicted molar refractivity (Wildman–Crippen MR) is 82.9 cm³/mol. The number of rotatable bonds is 3. The molecule has 2 N–H and O–H groups in total. The van der Waals surface area contributed by atoms with Gasteiger partial charge in [-0.1, -0.05) is 19.3 Å². The molecule has 0 radical (unpaired) electrons. The fraction of sp³-hybridized carbons (Fsp3) is 0.941. The van der Waals surface area contributed by atoms with E-state index in [0.717, 1.165) is 25.3 Å². The highest BCUT2D eigenvalue weighted by atomic mass is 16.5. The zero-order valence-corrected chi connectivity index (χ0v) is 13.2. The van der Waals surface area contributed by atoms with E-state index in [1.807, 2.05) is 0 Å². The first kappa shape index (κ1) is 15.3. The highest BCUT2D eigenvalue weighted by molar-refractivity contribution is 5.83. The first-order valence-electron chi connectivity index (χ1n) is 8.86. The summed E-state index contributed by atoms with van der Waals surface area (Å²) in [5.41, 5.74) is 5.69. The van der Waals surface area contributed by atoms with Gasteiger partial charge in [-0.3, -0.25) is 4.79 Å². The van der Waals surface area contributed by atoms with Crippen molar-refractivity contribution in [2.24, 2.45) is 17.1 Å². The molecule has 2 heterocycles. The maximum Gasteiger partial charge on any atom is 0.230 e. The third-order valence-electron chi connectivity index (χ3n) is 6.05. The third kappa shape index (κ3) is 2.98. The van der Waals surface area contributed by atoms with Crippen LogP contribution in [0.1, 0.15) is 57.8 Å². The molecule has 0 bridgehead atoms. The maximum atomic E-state index is 13.2. The van der Waals surface area contributed by atoms with Gasteiger partial charge in [0.15, 0.2) is 0 Å². The van der Waals surface area contributed by atoms with Crippen LogP contribution in [0.15, 0.2) is 0 Å². The zero-order valence-electron chi connectivity index (χ0n) is 13.2. The predicted octanol–water partition coefficient (Wildman–Crippen LogP) is 2.31. The van der Waals surface area contributed by atoms with E-state index < -0.39 is 0 Å². The van der Waals surface area contributed by atoms with Crippen LogP contribution >= 0.6 is 0 Å². The summed E-state index contributed by atoms with van der Waals surface area (Å²) in [5.74, 6) is 1.07. The Labute approximate surface area is 128 Å². The van der Waals surface area contributed by atoms with Crippen LogP contribution in [-0.4, -0.2) is 43.2 Å². The highest BCUT2D eigenvalue weighted by Gasteiger charge is 2.45. The lowest BCUT2D eigenvalue weighted by Crippen LogP contribution is -2.53. The van der Waals surface area contributed by atoms with E-state index in [4.69, 9.17) is 10.5 Å². The second kappa shape index (κ2) is 6.66. The summed E-state index contributed by atoms with van der Waals surface area (Å²) in [6, 6.07) is 0.490. The van der Waals surface area contributed by atoms with Gasteiger partial charge in [0, 0.05) is 32.3 Å². The van der Waals surface area contributed by atoms with Gasteiger partial charge < -0.3 is 15.4 Å². The fourth-order valence-corrected chi connectivity index (χ4v) is 4.63. The minimum atomic E-state index is -0.338. The largest absolute Gasteiger partial charge is 0.381 e. The van der Waals surface area contributed by atoms with Gasteiger partial charge in [0.05, 0.1) is 5.41 Å². The first-order valence-corrected chi connectivity index (χ1v) is 8.86. The number of hydrogen-bond acceptors (Lipinski definition) is 3. The molecule has 1 aliphatic carbocycles. The van der Waals surface area contributed by atoms with Gasteiger partial charge in [-0.15, -0.1) is 0 Å². The Morgan fingerprint density at radius 3 is 2.48 bits per heavy atom. The molecule has 0 aromatic rings. The summed E-state index contributed by atoms with van der Waals surface area (Å²) in [4.78, 5) is 15.4. The molecule has 21 heavy (non-hydrogen) atoms. The van der Waals surface area contributed by atoms with Crippen LogP contribution in [0.5, 0.6) is 0 Å². The van der Waals surface area contributed by atoms with Crippen molar-refractivity contribution in [3.8, 4) is 0 Å². The molecule has 0 spiro atoms. The SMILES string of the molecule is NCC1(C(=O)N2CCCC2C2CCCCC2)CCOCC1. The van der Waals surface area contributed by atoms with Crippen LogP contribution in [0, 0.1) is 11.3 Å². The standard InChI is InChI=1S/C17H30N2O2/c18-13-17(8-11-21-12-9-17)16(20)19-10-4-7-15(19)14-5-2-1-3-6-14/h14-15H,1-13,18H2. The van der Waals surface area contributed by atoms with Gasteiger partial charge in [-0.2, -0.15) is 0 Å². The summed E-state index contributed by atoms with van der Waals surface area (Å²) >= 11 is 0. The number of nitrogens with zero attached hydrogens (tertiary/aromatic N) is 1. The molecule has 1 unspecified atom stereocenters. The lowest BCUT2D eigenvalue weighted by Gasteiger charge is -2.42. The normalized spacial score (nSPS) is 30.5. The van der Waals surface area contributed by atoms with Crippen LogP contribution in [0.25, 0.3) is 0 Å². The van der Waals surface area contributed by atoms with Crippen LogP contribution in [0.2, 0.25) is 0 Å². The summed E-state index contributed by atoms with van der Waals surface area (Å²) in [6.07, 6.45) is 10.7. The highest BCUT2D eigenvalue weighted by Crippen LogP contribution is 2.39. The summed E-state index contributed by atoms with van der Waals surface area (Å²) in [7, 11) is 0. The van der Waals surface area contributed by atoms with Crippen LogP contribution in [0.4, 0.5) is 0 Å². The number of likely N-dealkylation sites (tertiary alicyclic amines) is 1. The van der Waals surface area contributed by atoms with E-state index in [1.54, 1.807) is 0 Å². The van der Waals surface area contributed by atoms with Gasteiger partial charge >= 0.3 is 0 Å². The van der Waals surface area contributed by atoms with E-state index >= 15 is 0 Å². The molecule has 3 aliphatic rings. The third-order valence-corrected chi connectivity index (χ3v) is 6.05. The molecular formula is C17H30N2O2. The van der Waals surface area contributed by atoms with E-state index in [9.17, 15) is 4.79 Å². The minimum absolute atomic E-state index is 0.335. The first-order chi connectivity index (χ1) is 10.3. The summed E-state index contributed by atoms with van der Waals surface area (Å²) in [5, 5.41) is 0. The van der Waals surface area contributed by atoms with Crippen molar-refractivity contribution in [3.63, 3.8) is 0 Å². The second-order valence-electron chi connectivity index (χ2n) is 7.20. The Morgan fingerprint density at radius 2 is 1.81 bits per heavy atom. The fourth-order valence-electron chi connectivity index (χ4n) is 4.63. The van der Waals surface area contributed by atoms with Crippen molar-refractivity contribution in [3.05, 3.63) is 0 Å². The van der Waals surface area contributed by atoms with Crippen molar-refractivity contribution >= 4 is 5.91 Å². The molecule has 3 fully saturated rings. The van der Waals surface area contributed by atoms with Crippen molar-refractivity contribution in [1.82, 2.24) is 4.90 Å². The van der Waals surface area contributed by atoms with Crippen LogP contribution in [0.3, 0.4) is 0 Å². The van der Waals surface area contributed by atoms with E-state index in [1.165, 1.54) is 44.9 Å². The van der Waals surface area contributed by atoms with Gasteiger partial charge in [-0.25, -0.2) is 0 Å². The monoisotopic (exact) mass is 294 g/mol. The topological polar surface area (TPSA) is 55.6 Å². The molecule has 120 valence electrons. The maximum absolute atomic E-state index is 13.2. The van der Waals surface area contributed by atoms with E-state index in [-0.39, 0.29) is 5.41 Å². The van der Waals surface area contributed by atoms with Gasteiger partial charge in [0.25, 0.3) is 0 Å². The number of hydrogen-bond donors (Lipinski definition) is 1. The average Bonchev–Trinajstić information content (AvgIpc) is 3.05. The lowest BCUT2D eigenvalue weighted by atomic mass is 9.77. The number of carbonyl (C=O) groups is 1. The Balaban J connectivity index is 1.72. The average molecular weight is 294 g/mol. The quantitative estimate of drug-likeness (QED) is 0.869. The Hall–Kier alpha value is -0.610. The Morgan fingerprint density at radius 1 is 1.10 bits per heavy atom. The second-order valence-corrected chi connectivity index (χ2v) is 7.20. The Kier molecular flexibility index (Phi) is 4.85. The molecule has 0 aromatic heterocycles. The molecule has 2 saturated heterocycles. The van der Waals surface area contributed by atoms with Crippen molar-refractivity contribution in [2.75, 3.05) is 26.3 Å². The smallest absolute Gasteiger partial charge is 0.230 e. The minimum Gasteiger partial charge on any atom is -0.381 e. The number of nitrogens with two attached hydrogens (primary N) is 1. The molecule has 1 amide bonds. The van der Waals surface area contributed by atoms with E-state index in [2.05, 4.69) is 4.90 Å². The van der Waals surface area contributed by atoms with Gasteiger partial charge in [0.2, 0.25) is 5.91 Å². The number of ether oxygens (including phenoxy) is 1. The zero-order chi connectivity index (χ0) is 14.7. The number of amides is 1. The van der Waals surface area contributed by atoms with Crippen molar-refractivity contribution < 1.29 is 9.53 Å². The van der Waals surface area contributed by atoms with Crippen molar-refractivity contribution in [1.29, 1.82) is 0 Å². The molecule has 2 aliphatic heterocycles. The molecule has 1 atom stereocenters. The lowest BCUT2D eigenvalue weighted by molar-refractivity contribution is -0.149. The summed E-state index contributed by atoms with van der Waals surface area (Å²) < 4.78 is 5.46. The molecule has 4 nitrogen and oxygen atoms in total. The van der Waals surface area contributed by atoms with Crippen LogP contribution in [-0.2, 0) is 9.53 Å². The molecular weight excluding hydrogens is 264 g/mol. The van der Waals surface area contributed by atoms with E-state index in [0.29, 0.717) is 31.7 Å². The molecule has 1 saturated carbocycles. The Bertz CT molecular complexity index is 360. The number of carbonyl (C=O) groups excluding carboxylic acids is 1. The van der Waals surface area contributed by atoms with Crippen LogP contribution < -0.4 is 5.73 Å². The van der Waals surface area contributed by atoms with Gasteiger partial charge in [0.1, 0.15) is 0 Å². The molecule has 3 rings (SSSR count). The van der Waals surface area contributed by atoms with Crippen molar-refractivity contribution in [2.45, 2.75) is 63.8 Å².